The Balaban J connectivity index is 1.94. The van der Waals surface area contributed by atoms with Crippen molar-refractivity contribution in [3.8, 4) is 17.2 Å². The summed E-state index contributed by atoms with van der Waals surface area (Å²) in [6.07, 6.45) is 5.30. The molecule has 1 aliphatic carbocycles. The lowest BCUT2D eigenvalue weighted by molar-refractivity contribution is 0.275. The molecule has 0 atom stereocenters. The van der Waals surface area contributed by atoms with E-state index < -0.39 is 5.54 Å². The highest BCUT2D eigenvalue weighted by Crippen LogP contribution is 2.35. The van der Waals surface area contributed by atoms with Gasteiger partial charge < -0.3 is 15.0 Å². The third-order valence-corrected chi connectivity index (χ3v) is 3.95. The number of aromatic nitrogens is 2. The number of benzene rings is 1. The van der Waals surface area contributed by atoms with Crippen molar-refractivity contribution in [2.75, 3.05) is 7.11 Å². The zero-order valence-electron chi connectivity index (χ0n) is 11.6. The Morgan fingerprint density at radius 2 is 1.95 bits per heavy atom. The molecule has 20 heavy (non-hydrogen) atoms. The van der Waals surface area contributed by atoms with E-state index in [4.69, 9.17) is 15.0 Å². The van der Waals surface area contributed by atoms with Crippen molar-refractivity contribution in [3.05, 3.63) is 30.1 Å². The van der Waals surface area contributed by atoms with Gasteiger partial charge >= 0.3 is 0 Å². The van der Waals surface area contributed by atoms with Crippen LogP contribution in [-0.4, -0.2) is 17.3 Å². The van der Waals surface area contributed by atoms with Crippen LogP contribution in [0.3, 0.4) is 0 Å². The van der Waals surface area contributed by atoms with Gasteiger partial charge in [0.25, 0.3) is 5.89 Å². The van der Waals surface area contributed by atoms with Gasteiger partial charge in [0, 0.05) is 0 Å². The second kappa shape index (κ2) is 5.25. The maximum absolute atomic E-state index is 6.43. The highest BCUT2D eigenvalue weighted by atomic mass is 16.5. The van der Waals surface area contributed by atoms with E-state index in [1.54, 1.807) is 7.11 Å². The van der Waals surface area contributed by atoms with Crippen LogP contribution in [0, 0.1) is 0 Å². The third kappa shape index (κ3) is 2.29. The van der Waals surface area contributed by atoms with Gasteiger partial charge in [0.1, 0.15) is 5.75 Å². The first kappa shape index (κ1) is 13.1. The first-order valence-corrected chi connectivity index (χ1v) is 6.99. The van der Waals surface area contributed by atoms with E-state index in [1.807, 2.05) is 24.3 Å². The summed E-state index contributed by atoms with van der Waals surface area (Å²) in [4.78, 5) is 4.50. The summed E-state index contributed by atoms with van der Waals surface area (Å²) in [5, 5.41) is 4.10. The number of methoxy groups -OCH3 is 1. The van der Waals surface area contributed by atoms with Crippen LogP contribution in [-0.2, 0) is 5.54 Å². The van der Waals surface area contributed by atoms with Crippen LogP contribution in [0.15, 0.2) is 28.8 Å². The first-order chi connectivity index (χ1) is 9.73. The first-order valence-electron chi connectivity index (χ1n) is 6.99. The van der Waals surface area contributed by atoms with Crippen molar-refractivity contribution in [2.24, 2.45) is 5.73 Å². The number of para-hydroxylation sites is 1. The van der Waals surface area contributed by atoms with Gasteiger partial charge in [-0.2, -0.15) is 4.98 Å². The van der Waals surface area contributed by atoms with Crippen LogP contribution in [0.1, 0.15) is 37.9 Å². The molecule has 1 saturated carbocycles. The number of hydrogen-bond acceptors (Lipinski definition) is 5. The Bertz CT molecular complexity index is 588. The molecule has 1 aromatic heterocycles. The van der Waals surface area contributed by atoms with Crippen molar-refractivity contribution in [1.82, 2.24) is 10.1 Å². The average Bonchev–Trinajstić information content (AvgIpc) is 2.98. The topological polar surface area (TPSA) is 74.2 Å². The molecule has 5 nitrogen and oxygen atoms in total. The third-order valence-electron chi connectivity index (χ3n) is 3.95. The normalized spacial score (nSPS) is 17.9. The van der Waals surface area contributed by atoms with Gasteiger partial charge in [-0.25, -0.2) is 0 Å². The van der Waals surface area contributed by atoms with Crippen LogP contribution in [0.2, 0.25) is 0 Å². The van der Waals surface area contributed by atoms with Crippen molar-refractivity contribution < 1.29 is 9.26 Å². The molecular formula is C15H19N3O2. The smallest absolute Gasteiger partial charge is 0.261 e. The Hall–Kier alpha value is -1.88. The lowest BCUT2D eigenvalue weighted by Gasteiger charge is -2.29. The fourth-order valence-corrected chi connectivity index (χ4v) is 2.76. The fourth-order valence-electron chi connectivity index (χ4n) is 2.76. The van der Waals surface area contributed by atoms with Gasteiger partial charge in [0.15, 0.2) is 5.82 Å². The number of ether oxygens (including phenoxy) is 1. The van der Waals surface area contributed by atoms with Crippen LogP contribution in [0.4, 0.5) is 0 Å². The van der Waals surface area contributed by atoms with E-state index in [0.29, 0.717) is 11.7 Å². The van der Waals surface area contributed by atoms with E-state index in [9.17, 15) is 0 Å². The molecule has 2 N–H and O–H groups in total. The summed E-state index contributed by atoms with van der Waals surface area (Å²) < 4.78 is 10.7. The second-order valence-electron chi connectivity index (χ2n) is 5.34. The molecule has 0 amide bonds. The summed E-state index contributed by atoms with van der Waals surface area (Å²) in [6, 6.07) is 7.60. The van der Waals surface area contributed by atoms with Gasteiger partial charge in [-0.3, -0.25) is 0 Å². The standard InChI is InChI=1S/C15H19N3O2/c1-19-12-8-4-3-7-11(12)13-17-14(18-20-13)15(16)9-5-2-6-10-15/h3-4,7-8H,2,5-6,9-10,16H2,1H3. The maximum Gasteiger partial charge on any atom is 0.261 e. The molecule has 1 aromatic carbocycles. The van der Waals surface area contributed by atoms with Gasteiger partial charge in [-0.1, -0.05) is 36.6 Å². The van der Waals surface area contributed by atoms with E-state index in [2.05, 4.69) is 10.1 Å². The van der Waals surface area contributed by atoms with Crippen molar-refractivity contribution in [3.63, 3.8) is 0 Å². The van der Waals surface area contributed by atoms with E-state index in [1.165, 1.54) is 6.42 Å². The fraction of sp³-hybridized carbons (Fsp3) is 0.467. The monoisotopic (exact) mass is 273 g/mol. The number of nitrogens with zero attached hydrogens (tertiary/aromatic N) is 2. The van der Waals surface area contributed by atoms with Crippen molar-refractivity contribution in [1.29, 1.82) is 0 Å². The Kier molecular flexibility index (Phi) is 3.44. The molecule has 1 aliphatic rings. The van der Waals surface area contributed by atoms with E-state index in [0.717, 1.165) is 37.0 Å². The Morgan fingerprint density at radius 3 is 2.70 bits per heavy atom. The zero-order valence-corrected chi connectivity index (χ0v) is 11.6. The predicted molar refractivity (Wildman–Crippen MR) is 75.2 cm³/mol. The molecule has 0 bridgehead atoms. The number of nitrogens with two attached hydrogens (primary N) is 1. The summed E-state index contributed by atoms with van der Waals surface area (Å²) in [5.74, 6) is 1.79. The molecule has 0 radical (unpaired) electrons. The summed E-state index contributed by atoms with van der Waals surface area (Å²) in [5.41, 5.74) is 6.78. The number of rotatable bonds is 3. The Morgan fingerprint density at radius 1 is 1.20 bits per heavy atom. The van der Waals surface area contributed by atoms with Crippen LogP contribution < -0.4 is 10.5 Å². The van der Waals surface area contributed by atoms with Crippen LogP contribution in [0.5, 0.6) is 5.75 Å². The van der Waals surface area contributed by atoms with Crippen LogP contribution in [0.25, 0.3) is 11.5 Å². The minimum atomic E-state index is -0.442. The Labute approximate surface area is 118 Å². The molecule has 106 valence electrons. The van der Waals surface area contributed by atoms with Crippen molar-refractivity contribution >= 4 is 0 Å². The molecular weight excluding hydrogens is 254 g/mol. The largest absolute Gasteiger partial charge is 0.496 e. The lowest BCUT2D eigenvalue weighted by atomic mass is 9.82. The minimum absolute atomic E-state index is 0.442. The number of hydrogen-bond donors (Lipinski definition) is 1. The summed E-state index contributed by atoms with van der Waals surface area (Å²) in [7, 11) is 1.63. The molecule has 0 saturated heterocycles. The maximum atomic E-state index is 6.43. The molecule has 2 aromatic rings. The van der Waals surface area contributed by atoms with Gasteiger partial charge in [0.2, 0.25) is 0 Å². The van der Waals surface area contributed by atoms with Crippen LogP contribution >= 0.6 is 0 Å². The quantitative estimate of drug-likeness (QED) is 0.930. The molecule has 0 spiro atoms. The summed E-state index contributed by atoms with van der Waals surface area (Å²) in [6.45, 7) is 0. The van der Waals surface area contributed by atoms with Gasteiger partial charge in [-0.05, 0) is 25.0 Å². The van der Waals surface area contributed by atoms with E-state index in [-0.39, 0.29) is 0 Å². The molecule has 3 rings (SSSR count). The molecule has 1 fully saturated rings. The zero-order chi connectivity index (χ0) is 14.0. The molecule has 0 aliphatic heterocycles. The van der Waals surface area contributed by atoms with E-state index >= 15 is 0 Å². The highest BCUT2D eigenvalue weighted by molar-refractivity contribution is 5.62. The summed E-state index contributed by atoms with van der Waals surface area (Å²) >= 11 is 0. The molecule has 5 heteroatoms. The predicted octanol–water partition coefficient (Wildman–Crippen LogP) is 2.86. The van der Waals surface area contributed by atoms with Crippen molar-refractivity contribution in [2.45, 2.75) is 37.6 Å². The highest BCUT2D eigenvalue weighted by Gasteiger charge is 2.34. The van der Waals surface area contributed by atoms with Gasteiger partial charge in [-0.15, -0.1) is 0 Å². The van der Waals surface area contributed by atoms with Gasteiger partial charge in [0.05, 0.1) is 18.2 Å². The molecule has 1 heterocycles. The molecule has 0 unspecified atom stereocenters. The second-order valence-corrected chi connectivity index (χ2v) is 5.34. The average molecular weight is 273 g/mol. The lowest BCUT2D eigenvalue weighted by Crippen LogP contribution is -2.39. The SMILES string of the molecule is COc1ccccc1-c1nc(C2(N)CCCCC2)no1. The minimum Gasteiger partial charge on any atom is -0.496 e.